The van der Waals surface area contributed by atoms with E-state index in [1.807, 2.05) is 6.92 Å². The third-order valence-electron chi connectivity index (χ3n) is 3.38. The largest absolute Gasteiger partial charge is 0.416 e. The van der Waals surface area contributed by atoms with Crippen molar-refractivity contribution >= 4 is 11.6 Å². The monoisotopic (exact) mass is 338 g/mol. The van der Waals surface area contributed by atoms with E-state index in [0.717, 1.165) is 18.6 Å². The Morgan fingerprint density at radius 2 is 1.79 bits per heavy atom. The maximum absolute atomic E-state index is 12.5. The number of nitrogens with zero attached hydrogens (tertiary/aromatic N) is 1. The number of aryl methyl sites for hydroxylation is 1. The van der Waals surface area contributed by atoms with Gasteiger partial charge in [-0.2, -0.15) is 13.2 Å². The van der Waals surface area contributed by atoms with Crippen LogP contribution < -0.4 is 10.9 Å². The zero-order chi connectivity index (χ0) is 17.7. The number of amides is 1. The summed E-state index contributed by atoms with van der Waals surface area (Å²) in [6.07, 6.45) is -2.11. The van der Waals surface area contributed by atoms with Gasteiger partial charge in [-0.3, -0.25) is 9.59 Å². The number of alkyl halides is 3. The van der Waals surface area contributed by atoms with Gasteiger partial charge in [-0.15, -0.1) is 0 Å². The highest BCUT2D eigenvalue weighted by Gasteiger charge is 2.29. The summed E-state index contributed by atoms with van der Waals surface area (Å²) in [6, 6.07) is 7.32. The molecule has 4 nitrogen and oxygen atoms in total. The van der Waals surface area contributed by atoms with Crippen molar-refractivity contribution in [2.24, 2.45) is 0 Å². The summed E-state index contributed by atoms with van der Waals surface area (Å²) < 4.78 is 39.0. The van der Waals surface area contributed by atoms with Crippen molar-refractivity contribution in [2.75, 3.05) is 5.32 Å². The molecule has 2 aromatic rings. The van der Waals surface area contributed by atoms with E-state index in [0.29, 0.717) is 17.8 Å². The van der Waals surface area contributed by atoms with Crippen LogP contribution in [0.25, 0.3) is 0 Å². The molecule has 0 aliphatic rings. The fraction of sp³-hybridized carbons (Fsp3) is 0.294. The summed E-state index contributed by atoms with van der Waals surface area (Å²) in [5, 5.41) is 2.64. The van der Waals surface area contributed by atoms with Crippen LogP contribution in [0.2, 0.25) is 0 Å². The smallest absolute Gasteiger partial charge is 0.324 e. The second kappa shape index (κ2) is 7.33. The van der Waals surface area contributed by atoms with E-state index >= 15 is 0 Å². The normalized spacial score (nSPS) is 11.3. The van der Waals surface area contributed by atoms with E-state index in [1.54, 1.807) is 6.20 Å². The topological polar surface area (TPSA) is 51.1 Å². The van der Waals surface area contributed by atoms with Crippen LogP contribution in [0.15, 0.2) is 47.4 Å². The van der Waals surface area contributed by atoms with Crippen molar-refractivity contribution < 1.29 is 18.0 Å². The highest BCUT2D eigenvalue weighted by Crippen LogP contribution is 2.29. The van der Waals surface area contributed by atoms with Crippen LogP contribution in [0.3, 0.4) is 0 Å². The number of hydrogen-bond donors (Lipinski definition) is 1. The Kier molecular flexibility index (Phi) is 5.43. The lowest BCUT2D eigenvalue weighted by Crippen LogP contribution is -2.21. The second-order valence-electron chi connectivity index (χ2n) is 5.37. The van der Waals surface area contributed by atoms with Gasteiger partial charge in [0.25, 0.3) is 5.56 Å². The number of aromatic nitrogens is 1. The van der Waals surface area contributed by atoms with E-state index in [-0.39, 0.29) is 17.9 Å². The standard InChI is InChI=1S/C17H17F3N2O2/c1-2-9-22-11-14(7-8-16(22)24)21-15(23)10-12-3-5-13(6-4-12)17(18,19)20/h3-8,11H,2,9-10H2,1H3,(H,21,23). The molecule has 0 fully saturated rings. The number of nitrogens with one attached hydrogen (secondary N) is 1. The van der Waals surface area contributed by atoms with Crippen molar-refractivity contribution in [3.8, 4) is 0 Å². The first-order chi connectivity index (χ1) is 11.3. The summed E-state index contributed by atoms with van der Waals surface area (Å²) in [6.45, 7) is 2.48. The molecule has 0 saturated heterocycles. The van der Waals surface area contributed by atoms with Crippen LogP contribution in [0.5, 0.6) is 0 Å². The van der Waals surface area contributed by atoms with Gasteiger partial charge in [0.2, 0.25) is 5.91 Å². The molecule has 0 radical (unpaired) electrons. The molecule has 7 heteroatoms. The Labute approximate surface area is 136 Å². The first-order valence-corrected chi connectivity index (χ1v) is 7.46. The van der Waals surface area contributed by atoms with Gasteiger partial charge in [0.05, 0.1) is 17.7 Å². The molecule has 1 aromatic heterocycles. The predicted octanol–water partition coefficient (Wildman–Crippen LogP) is 3.46. The van der Waals surface area contributed by atoms with Crippen molar-refractivity contribution in [1.29, 1.82) is 0 Å². The molecule has 1 heterocycles. The molecular weight excluding hydrogens is 321 g/mol. The molecule has 0 atom stereocenters. The fourth-order valence-corrected chi connectivity index (χ4v) is 2.22. The number of halogens is 3. The van der Waals surface area contributed by atoms with Gasteiger partial charge in [0, 0.05) is 18.8 Å². The summed E-state index contributed by atoms with van der Waals surface area (Å²) >= 11 is 0. The molecule has 128 valence electrons. The van der Waals surface area contributed by atoms with Crippen molar-refractivity contribution in [2.45, 2.75) is 32.5 Å². The molecule has 0 aliphatic carbocycles. The van der Waals surface area contributed by atoms with Crippen LogP contribution in [0.1, 0.15) is 24.5 Å². The fourth-order valence-electron chi connectivity index (χ4n) is 2.22. The van der Waals surface area contributed by atoms with E-state index in [2.05, 4.69) is 5.32 Å². The molecule has 24 heavy (non-hydrogen) atoms. The van der Waals surface area contributed by atoms with Gasteiger partial charge in [0.15, 0.2) is 0 Å². The summed E-state index contributed by atoms with van der Waals surface area (Å²) in [7, 11) is 0. The van der Waals surface area contributed by atoms with Crippen molar-refractivity contribution in [3.05, 3.63) is 64.1 Å². The highest BCUT2D eigenvalue weighted by atomic mass is 19.4. The number of carbonyl (C=O) groups is 1. The Morgan fingerprint density at radius 1 is 1.12 bits per heavy atom. The molecule has 0 spiro atoms. The highest BCUT2D eigenvalue weighted by molar-refractivity contribution is 5.92. The van der Waals surface area contributed by atoms with E-state index in [9.17, 15) is 22.8 Å². The van der Waals surface area contributed by atoms with Crippen molar-refractivity contribution in [3.63, 3.8) is 0 Å². The van der Waals surface area contributed by atoms with Gasteiger partial charge in [-0.25, -0.2) is 0 Å². The van der Waals surface area contributed by atoms with E-state index in [1.165, 1.54) is 28.8 Å². The maximum atomic E-state index is 12.5. The lowest BCUT2D eigenvalue weighted by atomic mass is 10.1. The zero-order valence-electron chi connectivity index (χ0n) is 13.1. The lowest BCUT2D eigenvalue weighted by molar-refractivity contribution is -0.137. The Morgan fingerprint density at radius 3 is 2.38 bits per heavy atom. The Balaban J connectivity index is 2.03. The molecule has 2 rings (SSSR count). The lowest BCUT2D eigenvalue weighted by Gasteiger charge is -2.10. The average Bonchev–Trinajstić information content (AvgIpc) is 2.50. The Bertz CT molecular complexity index is 765. The zero-order valence-corrected chi connectivity index (χ0v) is 13.1. The predicted molar refractivity (Wildman–Crippen MR) is 84.8 cm³/mol. The minimum atomic E-state index is -4.40. The summed E-state index contributed by atoms with van der Waals surface area (Å²) in [5.41, 5.74) is 0.0400. The third kappa shape index (κ3) is 4.71. The quantitative estimate of drug-likeness (QED) is 0.908. The molecule has 0 saturated carbocycles. The van der Waals surface area contributed by atoms with Crippen molar-refractivity contribution in [1.82, 2.24) is 4.57 Å². The number of carbonyl (C=O) groups excluding carboxylic acids is 1. The molecule has 1 aromatic carbocycles. The van der Waals surface area contributed by atoms with E-state index < -0.39 is 11.7 Å². The third-order valence-corrected chi connectivity index (χ3v) is 3.38. The number of anilines is 1. The number of rotatable bonds is 5. The number of pyridine rings is 1. The van der Waals surface area contributed by atoms with Gasteiger partial charge in [-0.1, -0.05) is 19.1 Å². The molecule has 0 aliphatic heterocycles. The number of hydrogen-bond acceptors (Lipinski definition) is 2. The van der Waals surface area contributed by atoms with Gasteiger partial charge in [0.1, 0.15) is 0 Å². The SMILES string of the molecule is CCCn1cc(NC(=O)Cc2ccc(C(F)(F)F)cc2)ccc1=O. The summed E-state index contributed by atoms with van der Waals surface area (Å²) in [5.74, 6) is -0.364. The van der Waals surface area contributed by atoms with Crippen LogP contribution in [-0.2, 0) is 23.9 Å². The van der Waals surface area contributed by atoms with E-state index in [4.69, 9.17) is 0 Å². The first-order valence-electron chi connectivity index (χ1n) is 7.46. The first kappa shape index (κ1) is 17.8. The Hall–Kier alpha value is -2.57. The second-order valence-corrected chi connectivity index (χ2v) is 5.37. The molecule has 0 bridgehead atoms. The molecule has 0 unspecified atom stereocenters. The summed E-state index contributed by atoms with van der Waals surface area (Å²) in [4.78, 5) is 23.6. The van der Waals surface area contributed by atoms with Crippen LogP contribution >= 0.6 is 0 Å². The minimum absolute atomic E-state index is 0.0506. The average molecular weight is 338 g/mol. The minimum Gasteiger partial charge on any atom is -0.324 e. The number of benzene rings is 1. The molecule has 1 N–H and O–H groups in total. The van der Waals surface area contributed by atoms with Gasteiger partial charge >= 0.3 is 6.18 Å². The maximum Gasteiger partial charge on any atom is 0.416 e. The molecular formula is C17H17F3N2O2. The van der Waals surface area contributed by atoms with Crippen LogP contribution in [0.4, 0.5) is 18.9 Å². The van der Waals surface area contributed by atoms with Gasteiger partial charge < -0.3 is 9.88 Å². The van der Waals surface area contributed by atoms with Crippen LogP contribution in [0, 0.1) is 0 Å². The van der Waals surface area contributed by atoms with Crippen LogP contribution in [-0.4, -0.2) is 10.5 Å². The van der Waals surface area contributed by atoms with Gasteiger partial charge in [-0.05, 0) is 30.2 Å². The molecule has 1 amide bonds.